The number of thiazole rings is 1. The van der Waals surface area contributed by atoms with Crippen LogP contribution in [0.15, 0.2) is 24.3 Å². The Morgan fingerprint density at radius 1 is 1.12 bits per heavy atom. The highest BCUT2D eigenvalue weighted by Crippen LogP contribution is 2.21. The number of aryl methyl sites for hydroxylation is 1. The Bertz CT molecular complexity index is 853. The van der Waals surface area contributed by atoms with E-state index in [1.54, 1.807) is 11.3 Å². The fourth-order valence-corrected chi connectivity index (χ4v) is 3.96. The fraction of sp³-hybridized carbons (Fsp3) is 0.412. The van der Waals surface area contributed by atoms with Crippen LogP contribution < -0.4 is 10.6 Å². The van der Waals surface area contributed by atoms with Crippen LogP contribution >= 0.6 is 11.3 Å². The van der Waals surface area contributed by atoms with E-state index in [-0.39, 0.29) is 6.03 Å². The number of hydrogen-bond acceptors (Lipinski definition) is 5. The van der Waals surface area contributed by atoms with Gasteiger partial charge in [-0.15, -0.1) is 21.5 Å². The molecule has 0 unspecified atom stereocenters. The minimum absolute atomic E-state index is 0.217. The lowest BCUT2D eigenvalue weighted by Crippen LogP contribution is -2.35. The molecule has 0 fully saturated rings. The third kappa shape index (κ3) is 3.63. The number of urea groups is 1. The Labute approximate surface area is 149 Å². The summed E-state index contributed by atoms with van der Waals surface area (Å²) in [6.45, 7) is 1.74. The molecule has 8 heteroatoms. The van der Waals surface area contributed by atoms with Crippen LogP contribution in [-0.4, -0.2) is 25.8 Å². The molecule has 1 aliphatic heterocycles. The Kier molecular flexibility index (Phi) is 4.60. The largest absolute Gasteiger partial charge is 0.332 e. The van der Waals surface area contributed by atoms with Gasteiger partial charge >= 0.3 is 6.03 Å². The molecule has 0 atom stereocenters. The standard InChI is InChI=1S/C17H20N6OS/c24-17(19-11-16-20-12-6-3-4-7-13(12)25-16)18-10-15-22-21-14-8-2-1-5-9-23(14)15/h3-4,6-7H,1-2,5,8-11H2,(H2,18,19,24). The highest BCUT2D eigenvalue weighted by molar-refractivity contribution is 7.18. The number of amides is 2. The van der Waals surface area contributed by atoms with Gasteiger partial charge < -0.3 is 15.2 Å². The first kappa shape index (κ1) is 16.0. The number of para-hydroxylation sites is 1. The molecule has 2 amide bonds. The SMILES string of the molecule is O=C(NCc1nc2ccccc2s1)NCc1nnc2n1CCCCC2. The van der Waals surface area contributed by atoms with Gasteiger partial charge in [-0.3, -0.25) is 0 Å². The van der Waals surface area contributed by atoms with Crippen LogP contribution in [0.3, 0.4) is 0 Å². The Balaban J connectivity index is 1.31. The molecule has 0 bridgehead atoms. The van der Waals surface area contributed by atoms with E-state index in [1.807, 2.05) is 24.3 Å². The third-order valence-corrected chi connectivity index (χ3v) is 5.37. The van der Waals surface area contributed by atoms with Crippen molar-refractivity contribution in [3.05, 3.63) is 40.9 Å². The second-order valence-electron chi connectivity index (χ2n) is 6.11. The molecule has 0 radical (unpaired) electrons. The van der Waals surface area contributed by atoms with Gasteiger partial charge in [0.05, 0.1) is 23.3 Å². The number of fused-ring (bicyclic) bond motifs is 2. The van der Waals surface area contributed by atoms with Gasteiger partial charge in [0.1, 0.15) is 10.8 Å². The van der Waals surface area contributed by atoms with Crippen LogP contribution in [0.2, 0.25) is 0 Å². The first-order valence-corrected chi connectivity index (χ1v) is 9.38. The Morgan fingerprint density at radius 3 is 2.92 bits per heavy atom. The molecule has 3 aromatic rings. The quantitative estimate of drug-likeness (QED) is 0.752. The van der Waals surface area contributed by atoms with Crippen molar-refractivity contribution in [2.75, 3.05) is 0 Å². The smallest absolute Gasteiger partial charge is 0.315 e. The number of hydrogen-bond donors (Lipinski definition) is 2. The topological polar surface area (TPSA) is 84.7 Å². The highest BCUT2D eigenvalue weighted by Gasteiger charge is 2.15. The van der Waals surface area contributed by atoms with Crippen molar-refractivity contribution in [3.63, 3.8) is 0 Å². The molecule has 0 saturated carbocycles. The molecule has 25 heavy (non-hydrogen) atoms. The highest BCUT2D eigenvalue weighted by atomic mass is 32.1. The summed E-state index contributed by atoms with van der Waals surface area (Å²) < 4.78 is 3.27. The van der Waals surface area contributed by atoms with Crippen LogP contribution in [-0.2, 0) is 26.1 Å². The van der Waals surface area contributed by atoms with Gasteiger partial charge in [0.15, 0.2) is 5.82 Å². The number of nitrogens with zero attached hydrogens (tertiary/aromatic N) is 4. The predicted octanol–water partition coefficient (Wildman–Crippen LogP) is 2.61. The number of carbonyl (C=O) groups is 1. The zero-order valence-corrected chi connectivity index (χ0v) is 14.7. The van der Waals surface area contributed by atoms with Crippen LogP contribution in [0.25, 0.3) is 10.2 Å². The van der Waals surface area contributed by atoms with Crippen molar-refractivity contribution in [1.82, 2.24) is 30.4 Å². The van der Waals surface area contributed by atoms with E-state index < -0.39 is 0 Å². The lowest BCUT2D eigenvalue weighted by Gasteiger charge is -2.08. The molecule has 2 N–H and O–H groups in total. The molecule has 1 aromatic carbocycles. The zero-order chi connectivity index (χ0) is 17.1. The van der Waals surface area contributed by atoms with Crippen LogP contribution in [0.1, 0.15) is 35.9 Å². The maximum absolute atomic E-state index is 12.1. The van der Waals surface area contributed by atoms with E-state index in [9.17, 15) is 4.79 Å². The van der Waals surface area contributed by atoms with Gasteiger partial charge in [-0.05, 0) is 25.0 Å². The number of benzene rings is 1. The first-order chi connectivity index (χ1) is 12.3. The molecule has 2 aromatic heterocycles. The molecular formula is C17H20N6OS. The second-order valence-corrected chi connectivity index (χ2v) is 7.22. The van der Waals surface area contributed by atoms with Crippen LogP contribution in [0.4, 0.5) is 4.79 Å². The van der Waals surface area contributed by atoms with Crippen molar-refractivity contribution in [2.24, 2.45) is 0 Å². The number of rotatable bonds is 4. The average molecular weight is 356 g/mol. The lowest BCUT2D eigenvalue weighted by molar-refractivity contribution is 0.239. The number of carbonyl (C=O) groups excluding carboxylic acids is 1. The van der Waals surface area contributed by atoms with Gasteiger partial charge in [-0.2, -0.15) is 0 Å². The van der Waals surface area contributed by atoms with E-state index in [2.05, 4.69) is 30.4 Å². The van der Waals surface area contributed by atoms with Crippen molar-refractivity contribution in [3.8, 4) is 0 Å². The molecule has 3 heterocycles. The molecule has 0 spiro atoms. The lowest BCUT2D eigenvalue weighted by atomic mass is 10.2. The summed E-state index contributed by atoms with van der Waals surface area (Å²) in [5.74, 6) is 1.86. The van der Waals surface area contributed by atoms with E-state index in [1.165, 1.54) is 6.42 Å². The molecular weight excluding hydrogens is 336 g/mol. The van der Waals surface area contributed by atoms with Crippen molar-refractivity contribution in [1.29, 1.82) is 0 Å². The summed E-state index contributed by atoms with van der Waals surface area (Å²) in [5, 5.41) is 15.1. The monoisotopic (exact) mass is 356 g/mol. The molecule has 1 aliphatic rings. The van der Waals surface area contributed by atoms with E-state index in [0.717, 1.165) is 52.7 Å². The molecule has 0 saturated heterocycles. The fourth-order valence-electron chi connectivity index (χ4n) is 3.05. The Hall–Kier alpha value is -2.48. The average Bonchev–Trinajstić information content (AvgIpc) is 3.14. The van der Waals surface area contributed by atoms with E-state index in [0.29, 0.717) is 13.1 Å². The predicted molar refractivity (Wildman–Crippen MR) is 96.3 cm³/mol. The van der Waals surface area contributed by atoms with Gasteiger partial charge in [-0.1, -0.05) is 18.6 Å². The summed E-state index contributed by atoms with van der Waals surface area (Å²) in [4.78, 5) is 16.6. The summed E-state index contributed by atoms with van der Waals surface area (Å²) >= 11 is 1.60. The molecule has 7 nitrogen and oxygen atoms in total. The number of nitrogens with one attached hydrogen (secondary N) is 2. The summed E-state index contributed by atoms with van der Waals surface area (Å²) in [5.41, 5.74) is 0.968. The van der Waals surface area contributed by atoms with E-state index >= 15 is 0 Å². The van der Waals surface area contributed by atoms with Crippen LogP contribution in [0.5, 0.6) is 0 Å². The normalized spacial score (nSPS) is 14.1. The van der Waals surface area contributed by atoms with Gasteiger partial charge in [-0.25, -0.2) is 9.78 Å². The minimum atomic E-state index is -0.217. The first-order valence-electron chi connectivity index (χ1n) is 8.57. The van der Waals surface area contributed by atoms with Crippen molar-refractivity contribution < 1.29 is 4.79 Å². The summed E-state index contributed by atoms with van der Waals surface area (Å²) in [6.07, 6.45) is 4.49. The van der Waals surface area contributed by atoms with Crippen molar-refractivity contribution in [2.45, 2.75) is 45.3 Å². The molecule has 130 valence electrons. The minimum Gasteiger partial charge on any atom is -0.332 e. The Morgan fingerprint density at radius 2 is 2.00 bits per heavy atom. The van der Waals surface area contributed by atoms with Crippen molar-refractivity contribution >= 4 is 27.6 Å². The summed E-state index contributed by atoms with van der Waals surface area (Å²) in [6, 6.07) is 7.75. The molecule has 4 rings (SSSR count). The second kappa shape index (κ2) is 7.18. The van der Waals surface area contributed by atoms with E-state index in [4.69, 9.17) is 0 Å². The number of aromatic nitrogens is 4. The molecule has 0 aliphatic carbocycles. The van der Waals surface area contributed by atoms with Gasteiger partial charge in [0, 0.05) is 13.0 Å². The van der Waals surface area contributed by atoms with Gasteiger partial charge in [0.2, 0.25) is 0 Å². The zero-order valence-electron chi connectivity index (χ0n) is 13.9. The maximum Gasteiger partial charge on any atom is 0.315 e. The summed E-state index contributed by atoms with van der Waals surface area (Å²) in [7, 11) is 0. The maximum atomic E-state index is 12.1. The third-order valence-electron chi connectivity index (χ3n) is 4.33. The van der Waals surface area contributed by atoms with Gasteiger partial charge in [0.25, 0.3) is 0 Å². The van der Waals surface area contributed by atoms with Crippen LogP contribution in [0, 0.1) is 0 Å².